The lowest BCUT2D eigenvalue weighted by Gasteiger charge is -2.24. The standard InChI is InChI=1S/C50H36N2/c1-4-14-35(15-5-1)40-28-41(36-16-6-2-7-17-36)30-42(29-40)37-24-25-38-33-51(43-18-8-3-9-19-43)34-39-26-27-44(32-48(39)47(38)31-37)52-49-22-12-10-20-45(49)46-21-11-13-23-50(46)52/h1-32H,33-34H2. The van der Waals surface area contributed by atoms with Gasteiger partial charge in [-0.2, -0.15) is 0 Å². The van der Waals surface area contributed by atoms with Crippen molar-refractivity contribution >= 4 is 27.5 Å². The van der Waals surface area contributed by atoms with Crippen molar-refractivity contribution in [1.29, 1.82) is 0 Å². The fraction of sp³-hybridized carbons (Fsp3) is 0.0400. The van der Waals surface area contributed by atoms with E-state index in [4.69, 9.17) is 0 Å². The fourth-order valence-corrected chi connectivity index (χ4v) is 8.11. The van der Waals surface area contributed by atoms with Crippen LogP contribution in [-0.4, -0.2) is 4.57 Å². The van der Waals surface area contributed by atoms with Gasteiger partial charge in [-0.15, -0.1) is 0 Å². The molecule has 0 unspecified atom stereocenters. The maximum Gasteiger partial charge on any atom is 0.0541 e. The predicted octanol–water partition coefficient (Wildman–Crippen LogP) is 13.0. The Balaban J connectivity index is 1.18. The summed E-state index contributed by atoms with van der Waals surface area (Å²) in [5.41, 5.74) is 17.4. The van der Waals surface area contributed by atoms with Gasteiger partial charge in [0.1, 0.15) is 0 Å². The van der Waals surface area contributed by atoms with Crippen molar-refractivity contribution < 1.29 is 0 Å². The lowest BCUT2D eigenvalue weighted by Crippen LogP contribution is -2.20. The smallest absolute Gasteiger partial charge is 0.0541 e. The van der Waals surface area contributed by atoms with Crippen LogP contribution in [0.25, 0.3) is 72.0 Å². The highest BCUT2D eigenvalue weighted by molar-refractivity contribution is 6.09. The first-order valence-corrected chi connectivity index (χ1v) is 18.1. The van der Waals surface area contributed by atoms with Crippen molar-refractivity contribution in [3.8, 4) is 50.2 Å². The maximum absolute atomic E-state index is 2.51. The van der Waals surface area contributed by atoms with E-state index in [-0.39, 0.29) is 0 Å². The van der Waals surface area contributed by atoms with Crippen LogP contribution in [0.1, 0.15) is 11.1 Å². The minimum atomic E-state index is 0.832. The van der Waals surface area contributed by atoms with Crippen LogP contribution in [0.15, 0.2) is 194 Å². The fourth-order valence-electron chi connectivity index (χ4n) is 8.11. The van der Waals surface area contributed by atoms with Crippen LogP contribution in [0.3, 0.4) is 0 Å². The van der Waals surface area contributed by atoms with Gasteiger partial charge in [-0.1, -0.05) is 133 Å². The topological polar surface area (TPSA) is 8.17 Å². The average molecular weight is 665 g/mol. The largest absolute Gasteiger partial charge is 0.363 e. The molecular weight excluding hydrogens is 629 g/mol. The van der Waals surface area contributed by atoms with Gasteiger partial charge in [0.2, 0.25) is 0 Å². The van der Waals surface area contributed by atoms with Gasteiger partial charge in [0, 0.05) is 35.2 Å². The second-order valence-electron chi connectivity index (χ2n) is 13.8. The zero-order chi connectivity index (χ0) is 34.4. The molecule has 1 aliphatic rings. The summed E-state index contributed by atoms with van der Waals surface area (Å²) < 4.78 is 2.43. The van der Waals surface area contributed by atoms with Crippen LogP contribution < -0.4 is 4.90 Å². The summed E-state index contributed by atoms with van der Waals surface area (Å²) in [6, 6.07) is 71.1. The van der Waals surface area contributed by atoms with Crippen molar-refractivity contribution in [3.63, 3.8) is 0 Å². The second kappa shape index (κ2) is 12.6. The molecule has 2 heterocycles. The highest BCUT2D eigenvalue weighted by Gasteiger charge is 2.22. The predicted molar refractivity (Wildman–Crippen MR) is 219 cm³/mol. The Hall–Kier alpha value is -6.64. The zero-order valence-corrected chi connectivity index (χ0v) is 28.8. The molecule has 246 valence electrons. The number of hydrogen-bond acceptors (Lipinski definition) is 1. The van der Waals surface area contributed by atoms with Gasteiger partial charge < -0.3 is 9.47 Å². The first-order valence-electron chi connectivity index (χ1n) is 18.1. The lowest BCUT2D eigenvalue weighted by molar-refractivity contribution is 0.812. The number of anilines is 1. The molecule has 10 rings (SSSR count). The average Bonchev–Trinajstić information content (AvgIpc) is 3.46. The van der Waals surface area contributed by atoms with Crippen LogP contribution in [0, 0.1) is 0 Å². The van der Waals surface area contributed by atoms with Gasteiger partial charge in [-0.3, -0.25) is 0 Å². The Morgan fingerprint density at radius 2 is 0.769 bits per heavy atom. The molecule has 2 nitrogen and oxygen atoms in total. The highest BCUT2D eigenvalue weighted by Crippen LogP contribution is 2.41. The van der Waals surface area contributed by atoms with Crippen molar-refractivity contribution in [2.24, 2.45) is 0 Å². The van der Waals surface area contributed by atoms with Gasteiger partial charge in [0.25, 0.3) is 0 Å². The molecule has 0 bridgehead atoms. The third kappa shape index (κ3) is 5.28. The van der Waals surface area contributed by atoms with Gasteiger partial charge in [-0.05, 0) is 116 Å². The molecule has 52 heavy (non-hydrogen) atoms. The number of fused-ring (bicyclic) bond motifs is 6. The monoisotopic (exact) mass is 664 g/mol. The third-order valence-electron chi connectivity index (χ3n) is 10.7. The summed E-state index contributed by atoms with van der Waals surface area (Å²) in [5, 5.41) is 2.55. The Bertz CT molecular complexity index is 2610. The third-order valence-corrected chi connectivity index (χ3v) is 10.7. The molecule has 2 heteroatoms. The van der Waals surface area contributed by atoms with E-state index in [0.29, 0.717) is 0 Å². The van der Waals surface area contributed by atoms with Crippen molar-refractivity contribution in [1.82, 2.24) is 4.57 Å². The summed E-state index contributed by atoms with van der Waals surface area (Å²) >= 11 is 0. The van der Waals surface area contributed by atoms with Crippen molar-refractivity contribution in [2.45, 2.75) is 13.1 Å². The number of nitrogens with zero attached hydrogens (tertiary/aromatic N) is 2. The summed E-state index contributed by atoms with van der Waals surface area (Å²) in [6.07, 6.45) is 0. The molecule has 0 fully saturated rings. The van der Waals surface area contributed by atoms with Gasteiger partial charge >= 0.3 is 0 Å². The van der Waals surface area contributed by atoms with E-state index in [2.05, 4.69) is 204 Å². The quantitative estimate of drug-likeness (QED) is 0.178. The Labute approximate surface area is 304 Å². The van der Waals surface area contributed by atoms with E-state index in [9.17, 15) is 0 Å². The summed E-state index contributed by atoms with van der Waals surface area (Å²) in [5.74, 6) is 0. The number of para-hydroxylation sites is 3. The zero-order valence-electron chi connectivity index (χ0n) is 28.8. The molecule has 1 aliphatic heterocycles. The Morgan fingerprint density at radius 3 is 1.35 bits per heavy atom. The van der Waals surface area contributed by atoms with E-state index >= 15 is 0 Å². The number of rotatable bonds is 5. The molecule has 9 aromatic rings. The molecule has 0 radical (unpaired) electrons. The molecule has 1 aromatic heterocycles. The minimum absolute atomic E-state index is 0.832. The summed E-state index contributed by atoms with van der Waals surface area (Å²) in [7, 11) is 0. The number of hydrogen-bond donors (Lipinski definition) is 0. The van der Waals surface area contributed by atoms with Crippen LogP contribution in [0.2, 0.25) is 0 Å². The second-order valence-corrected chi connectivity index (χ2v) is 13.8. The minimum Gasteiger partial charge on any atom is -0.363 e. The molecule has 0 N–H and O–H groups in total. The molecule has 0 amide bonds. The number of aromatic nitrogens is 1. The van der Waals surface area contributed by atoms with Crippen LogP contribution >= 0.6 is 0 Å². The van der Waals surface area contributed by atoms with Gasteiger partial charge in [-0.25, -0.2) is 0 Å². The highest BCUT2D eigenvalue weighted by atomic mass is 15.1. The van der Waals surface area contributed by atoms with E-state index in [0.717, 1.165) is 13.1 Å². The molecule has 0 aliphatic carbocycles. The summed E-state index contributed by atoms with van der Waals surface area (Å²) in [6.45, 7) is 1.66. The Morgan fingerprint density at radius 1 is 0.308 bits per heavy atom. The SMILES string of the molecule is c1ccc(-c2cc(-c3ccccc3)cc(-c3ccc4c(c3)-c3cc(-n5c6ccccc6c6ccccc65)ccc3CN(c3ccccc3)C4)c2)cc1. The maximum atomic E-state index is 2.51. The van der Waals surface area contributed by atoms with E-state index in [1.54, 1.807) is 0 Å². The van der Waals surface area contributed by atoms with E-state index < -0.39 is 0 Å². The van der Waals surface area contributed by atoms with Gasteiger partial charge in [0.15, 0.2) is 0 Å². The first kappa shape index (κ1) is 30.2. The number of benzene rings is 8. The van der Waals surface area contributed by atoms with Gasteiger partial charge in [0.05, 0.1) is 11.0 Å². The Kier molecular flexibility index (Phi) is 7.32. The van der Waals surface area contributed by atoms with Crippen molar-refractivity contribution in [2.75, 3.05) is 4.90 Å². The molecule has 0 saturated heterocycles. The molecule has 0 saturated carbocycles. The lowest BCUT2D eigenvalue weighted by atomic mass is 9.90. The normalized spacial score (nSPS) is 12.4. The van der Waals surface area contributed by atoms with E-state index in [1.165, 1.54) is 88.8 Å². The molecule has 8 aromatic carbocycles. The molecule has 0 spiro atoms. The van der Waals surface area contributed by atoms with E-state index in [1.807, 2.05) is 0 Å². The van der Waals surface area contributed by atoms with Crippen LogP contribution in [0.5, 0.6) is 0 Å². The summed E-state index contributed by atoms with van der Waals surface area (Å²) in [4.78, 5) is 2.51. The van der Waals surface area contributed by atoms with Crippen LogP contribution in [0.4, 0.5) is 5.69 Å². The van der Waals surface area contributed by atoms with Crippen LogP contribution in [-0.2, 0) is 13.1 Å². The van der Waals surface area contributed by atoms with Crippen molar-refractivity contribution in [3.05, 3.63) is 205 Å². The molecular formula is C50H36N2. The molecule has 0 atom stereocenters. The first-order chi connectivity index (χ1) is 25.8.